The SMILES string of the molecule is Cn1ncc2c(N)nc3ccc(C(=O)N(Cc4nc5cc(Cl)ccc5s4)N4CCCCC4)cc3c21. The minimum Gasteiger partial charge on any atom is -0.383 e. The van der Waals surface area contributed by atoms with Gasteiger partial charge in [-0.05, 0) is 49.2 Å². The topological polar surface area (TPSA) is 93.2 Å². The fourth-order valence-electron chi connectivity index (χ4n) is 4.80. The van der Waals surface area contributed by atoms with E-state index in [1.807, 2.05) is 48.5 Å². The molecule has 2 aromatic carbocycles. The van der Waals surface area contributed by atoms with E-state index in [9.17, 15) is 4.79 Å². The molecule has 0 saturated carbocycles. The first-order valence-corrected chi connectivity index (χ1v) is 12.8. The fraction of sp³-hybridized carbons (Fsp3) is 0.280. The molecule has 3 aromatic heterocycles. The van der Waals surface area contributed by atoms with Crippen molar-refractivity contribution in [3.8, 4) is 0 Å². The van der Waals surface area contributed by atoms with Gasteiger partial charge in [-0.25, -0.2) is 15.0 Å². The van der Waals surface area contributed by atoms with E-state index in [1.54, 1.807) is 22.2 Å². The van der Waals surface area contributed by atoms with Crippen LogP contribution in [0.1, 0.15) is 34.6 Å². The number of aromatic nitrogens is 4. The number of fused-ring (bicyclic) bond motifs is 4. The van der Waals surface area contributed by atoms with Gasteiger partial charge < -0.3 is 5.73 Å². The molecular formula is C25H24ClN7OS. The van der Waals surface area contributed by atoms with Crippen LogP contribution >= 0.6 is 22.9 Å². The molecule has 0 radical (unpaired) electrons. The number of piperidine rings is 1. The lowest BCUT2D eigenvalue weighted by Gasteiger charge is -2.37. The molecule has 1 fully saturated rings. The van der Waals surface area contributed by atoms with Crippen LogP contribution in [0.4, 0.5) is 5.82 Å². The maximum Gasteiger partial charge on any atom is 0.268 e. The summed E-state index contributed by atoms with van der Waals surface area (Å²) in [4.78, 5) is 23.2. The van der Waals surface area contributed by atoms with Crippen molar-refractivity contribution in [1.29, 1.82) is 0 Å². The highest BCUT2D eigenvalue weighted by Gasteiger charge is 2.26. The molecule has 0 aliphatic carbocycles. The summed E-state index contributed by atoms with van der Waals surface area (Å²) in [7, 11) is 1.87. The quantitative estimate of drug-likeness (QED) is 0.369. The van der Waals surface area contributed by atoms with Gasteiger partial charge in [-0.2, -0.15) is 5.10 Å². The van der Waals surface area contributed by atoms with E-state index >= 15 is 0 Å². The van der Waals surface area contributed by atoms with E-state index in [2.05, 4.69) is 15.1 Å². The average Bonchev–Trinajstić information content (AvgIpc) is 3.45. The van der Waals surface area contributed by atoms with Crippen LogP contribution < -0.4 is 5.73 Å². The second kappa shape index (κ2) is 8.75. The number of hydrazine groups is 1. The van der Waals surface area contributed by atoms with Crippen molar-refractivity contribution in [2.24, 2.45) is 7.05 Å². The Balaban J connectivity index is 1.41. The molecule has 5 aromatic rings. The van der Waals surface area contributed by atoms with Gasteiger partial charge in [-0.3, -0.25) is 14.5 Å². The molecular weight excluding hydrogens is 482 g/mol. The second-order valence-corrected chi connectivity index (χ2v) is 10.4. The molecule has 1 aliphatic heterocycles. The Morgan fingerprint density at radius 2 is 1.91 bits per heavy atom. The third-order valence-corrected chi connectivity index (χ3v) is 7.80. The summed E-state index contributed by atoms with van der Waals surface area (Å²) < 4.78 is 2.84. The number of pyridine rings is 1. The number of hydrogen-bond acceptors (Lipinski definition) is 7. The zero-order chi connectivity index (χ0) is 24.1. The molecule has 8 nitrogen and oxygen atoms in total. The Hall–Kier alpha value is -3.27. The number of amides is 1. The Morgan fingerprint density at radius 1 is 1.09 bits per heavy atom. The summed E-state index contributed by atoms with van der Waals surface area (Å²) in [6.45, 7) is 2.11. The zero-order valence-corrected chi connectivity index (χ0v) is 20.8. The highest BCUT2D eigenvalue weighted by molar-refractivity contribution is 7.18. The van der Waals surface area contributed by atoms with Gasteiger partial charge in [0.05, 0.1) is 39.4 Å². The van der Waals surface area contributed by atoms with Crippen LogP contribution in [0.25, 0.3) is 32.0 Å². The summed E-state index contributed by atoms with van der Waals surface area (Å²) in [5.74, 6) is 0.379. The fourth-order valence-corrected chi connectivity index (χ4v) is 5.90. The van der Waals surface area contributed by atoms with Crippen LogP contribution in [0.15, 0.2) is 42.6 Å². The average molecular weight is 506 g/mol. The van der Waals surface area contributed by atoms with Crippen molar-refractivity contribution in [3.63, 3.8) is 0 Å². The van der Waals surface area contributed by atoms with Crippen LogP contribution in [0.3, 0.4) is 0 Å². The lowest BCUT2D eigenvalue weighted by atomic mass is 10.1. The van der Waals surface area contributed by atoms with E-state index in [4.69, 9.17) is 22.3 Å². The number of thiazole rings is 1. The molecule has 1 aliphatic rings. The van der Waals surface area contributed by atoms with Crippen molar-refractivity contribution >= 4 is 66.7 Å². The molecule has 4 heterocycles. The third-order valence-electron chi connectivity index (χ3n) is 6.54. The number of hydrogen-bond donors (Lipinski definition) is 1. The van der Waals surface area contributed by atoms with E-state index in [1.165, 1.54) is 6.42 Å². The number of nitrogens with two attached hydrogens (primary N) is 1. The summed E-state index contributed by atoms with van der Waals surface area (Å²) in [5, 5.41) is 11.5. The number of nitrogens with zero attached hydrogens (tertiary/aromatic N) is 6. The number of aryl methyl sites for hydroxylation is 1. The number of rotatable bonds is 4. The van der Waals surface area contributed by atoms with Gasteiger partial charge in [0.2, 0.25) is 0 Å². The van der Waals surface area contributed by atoms with Crippen LogP contribution in [-0.2, 0) is 13.6 Å². The highest BCUT2D eigenvalue weighted by Crippen LogP contribution is 2.30. The van der Waals surface area contributed by atoms with Crippen molar-refractivity contribution < 1.29 is 4.79 Å². The molecule has 2 N–H and O–H groups in total. The Bertz CT molecular complexity index is 1590. The van der Waals surface area contributed by atoms with Crippen molar-refractivity contribution in [3.05, 3.63) is 58.2 Å². The molecule has 35 heavy (non-hydrogen) atoms. The predicted octanol–water partition coefficient (Wildman–Crippen LogP) is 5.01. The minimum absolute atomic E-state index is 0.0572. The van der Waals surface area contributed by atoms with Gasteiger partial charge in [0.1, 0.15) is 10.8 Å². The van der Waals surface area contributed by atoms with Gasteiger partial charge in [0, 0.05) is 36.1 Å². The van der Waals surface area contributed by atoms with Crippen LogP contribution in [0.2, 0.25) is 5.02 Å². The smallest absolute Gasteiger partial charge is 0.268 e. The van der Waals surface area contributed by atoms with Crippen molar-refractivity contribution in [2.45, 2.75) is 25.8 Å². The normalized spacial score (nSPS) is 14.8. The van der Waals surface area contributed by atoms with E-state index in [0.717, 1.165) is 63.0 Å². The monoisotopic (exact) mass is 505 g/mol. The summed E-state index contributed by atoms with van der Waals surface area (Å²) >= 11 is 7.75. The van der Waals surface area contributed by atoms with Crippen LogP contribution in [0, 0.1) is 0 Å². The first-order valence-electron chi connectivity index (χ1n) is 11.6. The maximum atomic E-state index is 14.0. The molecule has 1 amide bonds. The Kier molecular flexibility index (Phi) is 5.55. The maximum absolute atomic E-state index is 14.0. The lowest BCUT2D eigenvalue weighted by molar-refractivity contribution is -0.0267. The lowest BCUT2D eigenvalue weighted by Crippen LogP contribution is -2.48. The van der Waals surface area contributed by atoms with E-state index in [-0.39, 0.29) is 5.91 Å². The summed E-state index contributed by atoms with van der Waals surface area (Å²) in [6.07, 6.45) is 5.02. The predicted molar refractivity (Wildman–Crippen MR) is 140 cm³/mol. The van der Waals surface area contributed by atoms with Crippen molar-refractivity contribution in [1.82, 2.24) is 29.8 Å². The Labute approximate surface area is 210 Å². The highest BCUT2D eigenvalue weighted by atomic mass is 35.5. The molecule has 0 unspecified atom stereocenters. The number of nitrogen functional groups attached to an aromatic ring is 1. The summed E-state index contributed by atoms with van der Waals surface area (Å²) in [5.41, 5.74) is 9.21. The number of benzene rings is 2. The zero-order valence-electron chi connectivity index (χ0n) is 19.2. The Morgan fingerprint density at radius 3 is 2.74 bits per heavy atom. The molecule has 6 rings (SSSR count). The van der Waals surface area contributed by atoms with Gasteiger partial charge in [-0.1, -0.05) is 18.0 Å². The number of carbonyl (C=O) groups is 1. The van der Waals surface area contributed by atoms with E-state index in [0.29, 0.717) is 22.9 Å². The summed E-state index contributed by atoms with van der Waals surface area (Å²) in [6, 6.07) is 11.3. The minimum atomic E-state index is -0.0572. The van der Waals surface area contributed by atoms with Gasteiger partial charge in [0.15, 0.2) is 0 Å². The number of halogens is 1. The number of anilines is 1. The van der Waals surface area contributed by atoms with Crippen molar-refractivity contribution in [2.75, 3.05) is 18.8 Å². The molecule has 10 heteroatoms. The molecule has 1 saturated heterocycles. The largest absolute Gasteiger partial charge is 0.383 e. The third kappa shape index (κ3) is 3.99. The van der Waals surface area contributed by atoms with Gasteiger partial charge >= 0.3 is 0 Å². The second-order valence-electron chi connectivity index (χ2n) is 8.86. The molecule has 0 atom stereocenters. The van der Waals surface area contributed by atoms with Gasteiger partial charge in [0.25, 0.3) is 5.91 Å². The standard InChI is InChI=1S/C25H24ClN7OS/c1-31-23-17-11-15(5-7-19(17)30-24(27)18(23)13-28-31)25(34)33(32-9-3-2-4-10-32)14-22-29-20-12-16(26)6-8-21(20)35-22/h5-8,11-13H,2-4,9-10,14H2,1H3,(H2,27,30). The van der Waals surface area contributed by atoms with Gasteiger partial charge in [-0.15, -0.1) is 11.3 Å². The molecule has 0 bridgehead atoms. The molecule has 0 spiro atoms. The van der Waals surface area contributed by atoms with E-state index < -0.39 is 0 Å². The molecule has 178 valence electrons. The first kappa shape index (κ1) is 22.2. The first-order chi connectivity index (χ1) is 17.0. The van der Waals surface area contributed by atoms with Crippen LogP contribution in [-0.4, -0.2) is 48.8 Å². The van der Waals surface area contributed by atoms with Crippen LogP contribution in [0.5, 0.6) is 0 Å². The number of carbonyl (C=O) groups excluding carboxylic acids is 1.